The first kappa shape index (κ1) is 22.7. The molecule has 1 N–H and O–H groups in total. The molecule has 1 unspecified atom stereocenters. The summed E-state index contributed by atoms with van der Waals surface area (Å²) in [4.78, 5) is 12.3. The first-order valence-electron chi connectivity index (χ1n) is 9.22. The largest absolute Gasteiger partial charge is 0.346 e. The quantitative estimate of drug-likeness (QED) is 0.657. The minimum absolute atomic E-state index is 0.190. The molecule has 0 heterocycles. The molecule has 0 aromatic heterocycles. The minimum atomic E-state index is -3.53. The van der Waals surface area contributed by atoms with Gasteiger partial charge in [0.05, 0.1) is 10.9 Å². The highest BCUT2D eigenvalue weighted by Gasteiger charge is 2.21. The van der Waals surface area contributed by atoms with Crippen LogP contribution in [0.3, 0.4) is 0 Å². The molecule has 8 heteroatoms. The zero-order chi connectivity index (χ0) is 21.6. The minimum Gasteiger partial charge on any atom is -0.346 e. The third-order valence-corrected chi connectivity index (χ3v) is 6.52. The second-order valence-electron chi connectivity index (χ2n) is 6.40. The van der Waals surface area contributed by atoms with Crippen LogP contribution in [-0.2, 0) is 14.8 Å². The Balaban J connectivity index is 2.04. The highest BCUT2D eigenvalue weighted by atomic mass is 32.2. The molecule has 0 fully saturated rings. The summed E-state index contributed by atoms with van der Waals surface area (Å²) in [6.45, 7) is 5.98. The Morgan fingerprint density at radius 1 is 1.07 bits per heavy atom. The van der Waals surface area contributed by atoms with Crippen molar-refractivity contribution in [1.82, 2.24) is 9.62 Å². The zero-order valence-electron chi connectivity index (χ0n) is 16.5. The summed E-state index contributed by atoms with van der Waals surface area (Å²) in [6, 6.07) is 9.16. The van der Waals surface area contributed by atoms with Crippen molar-refractivity contribution in [2.24, 2.45) is 0 Å². The van der Waals surface area contributed by atoms with Crippen molar-refractivity contribution in [1.29, 1.82) is 0 Å². The number of rotatable bonds is 8. The second-order valence-corrected chi connectivity index (χ2v) is 8.33. The number of sulfonamides is 1. The molecule has 5 nitrogen and oxygen atoms in total. The van der Waals surface area contributed by atoms with E-state index in [0.29, 0.717) is 24.2 Å². The summed E-state index contributed by atoms with van der Waals surface area (Å²) >= 11 is 0. The van der Waals surface area contributed by atoms with Crippen molar-refractivity contribution >= 4 is 22.0 Å². The van der Waals surface area contributed by atoms with Crippen LogP contribution in [0.15, 0.2) is 53.4 Å². The maximum Gasteiger partial charge on any atom is 0.244 e. The van der Waals surface area contributed by atoms with Gasteiger partial charge in [0.25, 0.3) is 0 Å². The normalized spacial score (nSPS) is 13.0. The van der Waals surface area contributed by atoms with Gasteiger partial charge in [0.15, 0.2) is 11.6 Å². The molecule has 2 aromatic carbocycles. The highest BCUT2D eigenvalue weighted by Crippen LogP contribution is 2.18. The molecule has 1 atom stereocenters. The summed E-state index contributed by atoms with van der Waals surface area (Å²) in [5, 5.41) is 2.66. The lowest BCUT2D eigenvalue weighted by atomic mass is 10.1. The molecule has 0 bridgehead atoms. The van der Waals surface area contributed by atoms with E-state index in [1.54, 1.807) is 39.0 Å². The van der Waals surface area contributed by atoms with Crippen LogP contribution in [0.25, 0.3) is 6.08 Å². The molecule has 0 aliphatic heterocycles. The maximum atomic E-state index is 13.3. The highest BCUT2D eigenvalue weighted by molar-refractivity contribution is 7.89. The molecule has 1 amide bonds. The number of benzene rings is 2. The molecular weight excluding hydrogens is 398 g/mol. The van der Waals surface area contributed by atoms with Crippen molar-refractivity contribution in [2.75, 3.05) is 13.1 Å². The van der Waals surface area contributed by atoms with E-state index in [2.05, 4.69) is 5.32 Å². The standard InChI is InChI=1S/C21H24F2N2O3S/c1-4-25(5-2)29(27,28)18-10-6-16(7-11-18)8-13-21(26)24-15(3)17-9-12-19(22)20(23)14-17/h6-15H,4-5H2,1-3H3,(H,24,26)/b13-8+. The van der Waals surface area contributed by atoms with Gasteiger partial charge < -0.3 is 5.32 Å². The van der Waals surface area contributed by atoms with Crippen LogP contribution < -0.4 is 5.32 Å². The number of hydrogen-bond acceptors (Lipinski definition) is 3. The van der Waals surface area contributed by atoms with E-state index < -0.39 is 33.6 Å². The van der Waals surface area contributed by atoms with Gasteiger partial charge in [-0.2, -0.15) is 4.31 Å². The van der Waals surface area contributed by atoms with Crippen molar-refractivity contribution in [3.8, 4) is 0 Å². The Bertz CT molecular complexity index is 985. The van der Waals surface area contributed by atoms with E-state index in [-0.39, 0.29) is 4.90 Å². The summed E-state index contributed by atoms with van der Waals surface area (Å²) < 4.78 is 52.6. The smallest absolute Gasteiger partial charge is 0.244 e. The predicted molar refractivity (Wildman–Crippen MR) is 108 cm³/mol. The topological polar surface area (TPSA) is 66.5 Å². The molecule has 29 heavy (non-hydrogen) atoms. The molecule has 0 saturated heterocycles. The van der Waals surface area contributed by atoms with Gasteiger partial charge in [-0.1, -0.05) is 32.0 Å². The van der Waals surface area contributed by atoms with Crippen LogP contribution in [0.2, 0.25) is 0 Å². The van der Waals surface area contributed by atoms with Crippen LogP contribution >= 0.6 is 0 Å². The molecule has 2 aromatic rings. The Labute approximate surface area is 170 Å². The van der Waals surface area contributed by atoms with E-state index >= 15 is 0 Å². The first-order valence-corrected chi connectivity index (χ1v) is 10.7. The van der Waals surface area contributed by atoms with Gasteiger partial charge in [-0.25, -0.2) is 17.2 Å². The van der Waals surface area contributed by atoms with Crippen molar-refractivity contribution < 1.29 is 22.0 Å². The zero-order valence-corrected chi connectivity index (χ0v) is 17.3. The fraction of sp³-hybridized carbons (Fsp3) is 0.286. The number of amides is 1. The predicted octanol–water partition coefficient (Wildman–Crippen LogP) is 3.89. The molecular formula is C21H24F2N2O3S. The summed E-state index contributed by atoms with van der Waals surface area (Å²) in [5.41, 5.74) is 1.09. The van der Waals surface area contributed by atoms with Crippen molar-refractivity contribution in [3.63, 3.8) is 0 Å². The van der Waals surface area contributed by atoms with Crippen LogP contribution in [0.5, 0.6) is 0 Å². The van der Waals surface area contributed by atoms with Crippen molar-refractivity contribution in [3.05, 3.63) is 71.3 Å². The molecule has 0 spiro atoms. The number of carbonyl (C=O) groups excluding carboxylic acids is 1. The van der Waals surface area contributed by atoms with Crippen LogP contribution in [-0.4, -0.2) is 31.7 Å². The Hall–Kier alpha value is -2.58. The van der Waals surface area contributed by atoms with Gasteiger partial charge >= 0.3 is 0 Å². The average Bonchev–Trinajstić information content (AvgIpc) is 2.69. The molecule has 2 rings (SSSR count). The summed E-state index contributed by atoms with van der Waals surface area (Å²) in [6.07, 6.45) is 2.84. The third-order valence-electron chi connectivity index (χ3n) is 4.45. The molecule has 0 aliphatic carbocycles. The first-order chi connectivity index (χ1) is 13.7. The Morgan fingerprint density at radius 3 is 2.24 bits per heavy atom. The van der Waals surface area contributed by atoms with Gasteiger partial charge in [-0.05, 0) is 48.4 Å². The molecule has 0 aliphatic rings. The molecule has 0 radical (unpaired) electrons. The van der Waals surface area contributed by atoms with E-state index in [1.807, 2.05) is 0 Å². The van der Waals surface area contributed by atoms with Gasteiger partial charge in [0.2, 0.25) is 15.9 Å². The lowest BCUT2D eigenvalue weighted by Gasteiger charge is -2.18. The number of nitrogens with one attached hydrogen (secondary N) is 1. The van der Waals surface area contributed by atoms with Crippen LogP contribution in [0.4, 0.5) is 8.78 Å². The monoisotopic (exact) mass is 422 g/mol. The number of carbonyl (C=O) groups is 1. The van der Waals surface area contributed by atoms with Crippen LogP contribution in [0, 0.1) is 11.6 Å². The average molecular weight is 422 g/mol. The van der Waals surface area contributed by atoms with Gasteiger partial charge in [0.1, 0.15) is 0 Å². The fourth-order valence-electron chi connectivity index (χ4n) is 2.76. The second kappa shape index (κ2) is 9.76. The number of halogens is 2. The van der Waals surface area contributed by atoms with E-state index in [0.717, 1.165) is 12.1 Å². The Kier molecular flexibility index (Phi) is 7.64. The molecule has 0 saturated carbocycles. The fourth-order valence-corrected chi connectivity index (χ4v) is 4.22. The van der Waals surface area contributed by atoms with Crippen molar-refractivity contribution in [2.45, 2.75) is 31.7 Å². The van der Waals surface area contributed by atoms with Gasteiger partial charge in [0, 0.05) is 19.2 Å². The van der Waals surface area contributed by atoms with Crippen LogP contribution in [0.1, 0.15) is 37.9 Å². The molecule has 156 valence electrons. The number of hydrogen-bond donors (Lipinski definition) is 1. The van der Waals surface area contributed by atoms with E-state index in [4.69, 9.17) is 0 Å². The van der Waals surface area contributed by atoms with Gasteiger partial charge in [-0.15, -0.1) is 0 Å². The van der Waals surface area contributed by atoms with E-state index in [9.17, 15) is 22.0 Å². The maximum absolute atomic E-state index is 13.3. The SMILES string of the molecule is CCN(CC)S(=O)(=O)c1ccc(/C=C/C(=O)NC(C)c2ccc(F)c(F)c2)cc1. The lowest BCUT2D eigenvalue weighted by molar-refractivity contribution is -0.117. The Morgan fingerprint density at radius 2 is 1.69 bits per heavy atom. The van der Waals surface area contributed by atoms with E-state index in [1.165, 1.54) is 28.6 Å². The third kappa shape index (κ3) is 5.71. The lowest BCUT2D eigenvalue weighted by Crippen LogP contribution is -2.30. The number of nitrogens with zero attached hydrogens (tertiary/aromatic N) is 1. The summed E-state index contributed by atoms with van der Waals surface area (Å²) in [5.74, 6) is -2.33. The van der Waals surface area contributed by atoms with Gasteiger partial charge in [-0.3, -0.25) is 4.79 Å². The summed E-state index contributed by atoms with van der Waals surface area (Å²) in [7, 11) is -3.53.